The number of benzene rings is 1. The molecule has 5 heteroatoms. The highest BCUT2D eigenvalue weighted by molar-refractivity contribution is 8.29. The number of amides is 2. The lowest BCUT2D eigenvalue weighted by atomic mass is 10.1. The zero-order valence-electron chi connectivity index (χ0n) is 19.1. The third-order valence-corrected chi connectivity index (χ3v) is 20.6. The van der Waals surface area contributed by atoms with Gasteiger partial charge in [0.1, 0.15) is 7.22 Å². The van der Waals surface area contributed by atoms with Gasteiger partial charge in [-0.1, -0.05) is 74.4 Å². The van der Waals surface area contributed by atoms with Gasteiger partial charge in [0.15, 0.2) is 0 Å². The van der Waals surface area contributed by atoms with E-state index in [1.165, 1.54) is 4.90 Å². The largest absolute Gasteiger partial charge is 0.274 e. The molecule has 0 aliphatic carbocycles. The van der Waals surface area contributed by atoms with E-state index in [4.69, 9.17) is 0 Å². The van der Waals surface area contributed by atoms with Crippen LogP contribution in [0.25, 0.3) is 0 Å². The van der Waals surface area contributed by atoms with Gasteiger partial charge in [-0.05, 0) is 39.4 Å². The van der Waals surface area contributed by atoms with Crippen molar-refractivity contribution in [1.29, 1.82) is 0 Å². The first-order chi connectivity index (χ1) is 12.6. The molecule has 2 rings (SSSR count). The summed E-state index contributed by atoms with van der Waals surface area (Å²) >= 11 is 2.15. The number of rotatable bonds is 5. The monoisotopic (exact) mass is 419 g/mol. The Morgan fingerprint density at radius 2 is 1.18 bits per heavy atom. The summed E-state index contributed by atoms with van der Waals surface area (Å²) in [7, 11) is -1.85. The molecule has 0 radical (unpaired) electrons. The second kappa shape index (κ2) is 7.64. The minimum Gasteiger partial charge on any atom is -0.274 e. The van der Waals surface area contributed by atoms with Crippen LogP contribution in [0.15, 0.2) is 24.3 Å². The van der Waals surface area contributed by atoms with Crippen LogP contribution in [0.3, 0.4) is 0 Å². The SMILES string of the molecule is CC(C)(C)[Si](SCCCN1C(=O)c2ccccc2C1=O)(C(C)(C)C)C(C)(C)C. The van der Waals surface area contributed by atoms with Crippen molar-refractivity contribution >= 4 is 30.2 Å². The second-order valence-electron chi connectivity index (χ2n) is 10.9. The molecule has 0 atom stereocenters. The zero-order valence-corrected chi connectivity index (χ0v) is 20.9. The van der Waals surface area contributed by atoms with Gasteiger partial charge in [-0.2, -0.15) is 11.2 Å². The van der Waals surface area contributed by atoms with E-state index in [-0.39, 0.29) is 26.9 Å². The van der Waals surface area contributed by atoms with Crippen LogP contribution < -0.4 is 0 Å². The molecule has 0 N–H and O–H groups in total. The van der Waals surface area contributed by atoms with E-state index in [2.05, 4.69) is 73.5 Å². The smallest absolute Gasteiger partial charge is 0.261 e. The molecular formula is C23H37NO2SSi. The molecule has 0 aromatic heterocycles. The molecule has 0 saturated carbocycles. The Labute approximate surface area is 176 Å². The quantitative estimate of drug-likeness (QED) is 0.301. The lowest BCUT2D eigenvalue weighted by Gasteiger charge is -2.58. The number of fused-ring (bicyclic) bond motifs is 1. The minimum absolute atomic E-state index is 0.142. The third kappa shape index (κ3) is 3.84. The second-order valence-corrected chi connectivity index (χ2v) is 20.2. The summed E-state index contributed by atoms with van der Waals surface area (Å²) < 4.78 is 0. The number of hydrogen-bond donors (Lipinski definition) is 0. The van der Waals surface area contributed by atoms with Gasteiger partial charge < -0.3 is 0 Å². The van der Waals surface area contributed by atoms with E-state index in [1.54, 1.807) is 12.1 Å². The summed E-state index contributed by atoms with van der Waals surface area (Å²) in [5.41, 5.74) is 1.09. The van der Waals surface area contributed by atoms with Crippen LogP contribution in [-0.4, -0.2) is 36.2 Å². The number of imide groups is 1. The molecule has 1 heterocycles. The van der Waals surface area contributed by atoms with Gasteiger partial charge in [-0.15, -0.1) is 0 Å². The maximum absolute atomic E-state index is 12.6. The van der Waals surface area contributed by atoms with E-state index >= 15 is 0 Å². The Hall–Kier alpha value is -1.07. The maximum Gasteiger partial charge on any atom is 0.261 e. The Kier molecular flexibility index (Phi) is 6.33. The van der Waals surface area contributed by atoms with Crippen molar-refractivity contribution in [3.05, 3.63) is 35.4 Å². The lowest BCUT2D eigenvalue weighted by Crippen LogP contribution is -2.56. The molecule has 1 aliphatic heterocycles. The topological polar surface area (TPSA) is 37.4 Å². The highest BCUT2D eigenvalue weighted by atomic mass is 32.4. The molecule has 0 spiro atoms. The van der Waals surface area contributed by atoms with Crippen molar-refractivity contribution in [2.24, 2.45) is 0 Å². The van der Waals surface area contributed by atoms with Gasteiger partial charge in [-0.3, -0.25) is 14.5 Å². The van der Waals surface area contributed by atoms with Crippen LogP contribution in [0.4, 0.5) is 0 Å². The Morgan fingerprint density at radius 3 is 1.54 bits per heavy atom. The Morgan fingerprint density at radius 1 is 0.786 bits per heavy atom. The molecule has 0 saturated heterocycles. The summed E-state index contributed by atoms with van der Waals surface area (Å²) in [6.07, 6.45) is 0.840. The van der Waals surface area contributed by atoms with Crippen LogP contribution in [0.2, 0.25) is 15.1 Å². The molecule has 1 aromatic rings. The zero-order chi connectivity index (χ0) is 21.5. The van der Waals surface area contributed by atoms with Crippen LogP contribution in [0.5, 0.6) is 0 Å². The van der Waals surface area contributed by atoms with E-state index in [1.807, 2.05) is 12.1 Å². The van der Waals surface area contributed by atoms with E-state index in [9.17, 15) is 9.59 Å². The number of carbonyl (C=O) groups is 2. The predicted molar refractivity (Wildman–Crippen MR) is 124 cm³/mol. The summed E-state index contributed by atoms with van der Waals surface area (Å²) in [4.78, 5) is 26.6. The molecule has 1 aromatic carbocycles. The lowest BCUT2D eigenvalue weighted by molar-refractivity contribution is 0.0655. The summed E-state index contributed by atoms with van der Waals surface area (Å²) in [6, 6.07) is 7.14. The van der Waals surface area contributed by atoms with E-state index < -0.39 is 7.22 Å². The molecular weight excluding hydrogens is 382 g/mol. The molecule has 156 valence electrons. The molecule has 0 bridgehead atoms. The van der Waals surface area contributed by atoms with Crippen molar-refractivity contribution in [1.82, 2.24) is 4.90 Å². The first-order valence-electron chi connectivity index (χ1n) is 10.2. The fraction of sp³-hybridized carbons (Fsp3) is 0.652. The standard InChI is InChI=1S/C23H37NO2SSi/c1-21(2,3)28(22(4,5)6,23(7,8)9)27-16-12-15-24-19(25)17-13-10-11-14-18(17)20(24)26/h10-11,13-14H,12,15-16H2,1-9H3. The maximum atomic E-state index is 12.6. The molecule has 2 amide bonds. The molecule has 0 fully saturated rings. The highest BCUT2D eigenvalue weighted by Crippen LogP contribution is 2.67. The van der Waals surface area contributed by atoms with Crippen LogP contribution >= 0.6 is 11.2 Å². The van der Waals surface area contributed by atoms with Crippen LogP contribution in [0, 0.1) is 0 Å². The van der Waals surface area contributed by atoms with Gasteiger partial charge in [0.25, 0.3) is 11.8 Å². The summed E-state index contributed by atoms with van der Waals surface area (Å²) in [6.45, 7) is 22.1. The van der Waals surface area contributed by atoms with Gasteiger partial charge >= 0.3 is 0 Å². The molecule has 1 aliphatic rings. The fourth-order valence-corrected chi connectivity index (χ4v) is 19.8. The molecule has 0 unspecified atom stereocenters. The normalized spacial score (nSPS) is 16.0. The number of carbonyl (C=O) groups excluding carboxylic acids is 2. The van der Waals surface area contributed by atoms with Crippen LogP contribution in [-0.2, 0) is 0 Å². The van der Waals surface area contributed by atoms with Gasteiger partial charge in [-0.25, -0.2) is 0 Å². The number of hydrogen-bond acceptors (Lipinski definition) is 3. The molecule has 28 heavy (non-hydrogen) atoms. The summed E-state index contributed by atoms with van der Waals surface area (Å²) in [5.74, 6) is 0.693. The average molecular weight is 420 g/mol. The minimum atomic E-state index is -1.85. The van der Waals surface area contributed by atoms with Crippen molar-refractivity contribution in [2.45, 2.75) is 83.8 Å². The Bertz CT molecular complexity index is 682. The predicted octanol–water partition coefficient (Wildman–Crippen LogP) is 6.75. The van der Waals surface area contributed by atoms with Gasteiger partial charge in [0.2, 0.25) is 0 Å². The van der Waals surface area contributed by atoms with Crippen LogP contribution in [0.1, 0.15) is 89.5 Å². The molecule has 3 nitrogen and oxygen atoms in total. The van der Waals surface area contributed by atoms with E-state index in [0.717, 1.165) is 12.2 Å². The highest BCUT2D eigenvalue weighted by Gasteiger charge is 2.60. The third-order valence-electron chi connectivity index (χ3n) is 5.89. The number of nitrogens with zero attached hydrogens (tertiary/aromatic N) is 1. The van der Waals surface area contributed by atoms with Crippen molar-refractivity contribution in [2.75, 3.05) is 12.3 Å². The van der Waals surface area contributed by atoms with Gasteiger partial charge in [0, 0.05) is 6.54 Å². The van der Waals surface area contributed by atoms with E-state index in [0.29, 0.717) is 17.7 Å². The van der Waals surface area contributed by atoms with Crippen molar-refractivity contribution in [3.63, 3.8) is 0 Å². The first kappa shape index (κ1) is 23.2. The Balaban J connectivity index is 2.13. The average Bonchev–Trinajstić information content (AvgIpc) is 2.76. The van der Waals surface area contributed by atoms with Crippen molar-refractivity contribution < 1.29 is 9.59 Å². The van der Waals surface area contributed by atoms with Crippen molar-refractivity contribution in [3.8, 4) is 0 Å². The first-order valence-corrected chi connectivity index (χ1v) is 14.0. The van der Waals surface area contributed by atoms with Gasteiger partial charge in [0.05, 0.1) is 11.1 Å². The fourth-order valence-electron chi connectivity index (χ4n) is 5.91. The summed E-state index contributed by atoms with van der Waals surface area (Å²) in [5, 5.41) is 0.719.